The van der Waals surface area contributed by atoms with E-state index < -0.39 is 6.10 Å². The average molecular weight is 388 g/mol. The Balaban J connectivity index is 1.69. The van der Waals surface area contributed by atoms with Gasteiger partial charge in [-0.25, -0.2) is 0 Å². The second-order valence-corrected chi connectivity index (χ2v) is 7.81. The Morgan fingerprint density at radius 2 is 2.19 bits per heavy atom. The van der Waals surface area contributed by atoms with Gasteiger partial charge >= 0.3 is 0 Å². The maximum Gasteiger partial charge on any atom is 0.263 e. The molecule has 2 heterocycles. The second kappa shape index (κ2) is 9.15. The Hall–Kier alpha value is -2.18. The molecule has 27 heavy (non-hydrogen) atoms. The molecule has 0 N–H and O–H groups in total. The Bertz CT molecular complexity index is 768. The molecule has 1 saturated heterocycles. The summed E-state index contributed by atoms with van der Waals surface area (Å²) in [4.78, 5) is 27.6. The minimum atomic E-state index is -0.645. The molecular formula is C21H25NO4S. The number of benzene rings is 1. The molecule has 5 nitrogen and oxygen atoms in total. The lowest BCUT2D eigenvalue weighted by atomic mass is 10.1. The van der Waals surface area contributed by atoms with Crippen LogP contribution in [0.3, 0.4) is 0 Å². The lowest BCUT2D eigenvalue weighted by molar-refractivity contribution is -0.140. The molecule has 0 bridgehead atoms. The highest BCUT2D eigenvalue weighted by molar-refractivity contribution is 7.09. The molecule has 0 radical (unpaired) electrons. The zero-order valence-electron chi connectivity index (χ0n) is 15.7. The van der Waals surface area contributed by atoms with Gasteiger partial charge in [0.15, 0.2) is 11.9 Å². The molecule has 2 atom stereocenters. The van der Waals surface area contributed by atoms with Crippen LogP contribution in [-0.4, -0.2) is 41.9 Å². The SMILES string of the molecule is CC(=O)c1cccc(OC(C)C(=O)N(Cc2cccs2)CC2CCCO2)c1. The van der Waals surface area contributed by atoms with Gasteiger partial charge in [0, 0.05) is 23.6 Å². The summed E-state index contributed by atoms with van der Waals surface area (Å²) >= 11 is 1.63. The summed E-state index contributed by atoms with van der Waals surface area (Å²) in [5, 5.41) is 2.01. The predicted molar refractivity (Wildman–Crippen MR) is 105 cm³/mol. The van der Waals surface area contributed by atoms with Crippen LogP contribution in [-0.2, 0) is 16.1 Å². The molecule has 0 saturated carbocycles. The van der Waals surface area contributed by atoms with E-state index in [1.165, 1.54) is 6.92 Å². The fraction of sp³-hybridized carbons (Fsp3) is 0.429. The number of ether oxygens (including phenoxy) is 2. The number of carbonyl (C=O) groups excluding carboxylic acids is 2. The van der Waals surface area contributed by atoms with Crippen LogP contribution in [0.1, 0.15) is 41.9 Å². The summed E-state index contributed by atoms with van der Waals surface area (Å²) in [5.41, 5.74) is 0.571. The molecular weight excluding hydrogens is 362 g/mol. The zero-order chi connectivity index (χ0) is 19.2. The molecule has 0 aliphatic carbocycles. The van der Waals surface area contributed by atoms with Gasteiger partial charge in [0.05, 0.1) is 12.6 Å². The average Bonchev–Trinajstić information content (AvgIpc) is 3.35. The lowest BCUT2D eigenvalue weighted by Gasteiger charge is -2.28. The monoisotopic (exact) mass is 387 g/mol. The molecule has 144 valence electrons. The van der Waals surface area contributed by atoms with Crippen LogP contribution in [0.15, 0.2) is 41.8 Å². The highest BCUT2D eigenvalue weighted by Gasteiger charge is 2.27. The molecule has 1 aliphatic heterocycles. The minimum Gasteiger partial charge on any atom is -0.481 e. The summed E-state index contributed by atoms with van der Waals surface area (Å²) in [7, 11) is 0. The van der Waals surface area contributed by atoms with Crippen molar-refractivity contribution in [3.63, 3.8) is 0 Å². The number of ketones is 1. The standard InChI is InChI=1S/C21H25NO4S/c1-15(23)17-6-3-7-18(12-17)26-16(2)21(24)22(13-19-8-4-10-25-19)14-20-9-5-11-27-20/h3,5-7,9,11-12,16,19H,4,8,10,13-14H2,1-2H3. The van der Waals surface area contributed by atoms with E-state index in [0.29, 0.717) is 24.4 Å². The summed E-state index contributed by atoms with van der Waals surface area (Å²) in [5.74, 6) is 0.418. The lowest BCUT2D eigenvalue weighted by Crippen LogP contribution is -2.43. The predicted octanol–water partition coefficient (Wildman–Crippen LogP) is 3.93. The maximum absolute atomic E-state index is 13.1. The van der Waals surface area contributed by atoms with E-state index in [9.17, 15) is 9.59 Å². The summed E-state index contributed by atoms with van der Waals surface area (Å²) in [6, 6.07) is 11.0. The number of hydrogen-bond acceptors (Lipinski definition) is 5. The van der Waals surface area contributed by atoms with E-state index in [0.717, 1.165) is 24.3 Å². The molecule has 0 spiro atoms. The molecule has 3 rings (SSSR count). The normalized spacial score (nSPS) is 17.5. The summed E-state index contributed by atoms with van der Waals surface area (Å²) in [6.07, 6.45) is 1.45. The maximum atomic E-state index is 13.1. The van der Waals surface area contributed by atoms with E-state index in [-0.39, 0.29) is 17.8 Å². The summed E-state index contributed by atoms with van der Waals surface area (Å²) < 4.78 is 11.6. The van der Waals surface area contributed by atoms with E-state index in [1.54, 1.807) is 42.5 Å². The van der Waals surface area contributed by atoms with Crippen molar-refractivity contribution < 1.29 is 19.1 Å². The van der Waals surface area contributed by atoms with Crippen molar-refractivity contribution in [2.75, 3.05) is 13.2 Å². The first-order valence-corrected chi connectivity index (χ1v) is 10.1. The van der Waals surface area contributed by atoms with E-state index in [2.05, 4.69) is 0 Å². The van der Waals surface area contributed by atoms with Crippen molar-refractivity contribution in [1.82, 2.24) is 4.90 Å². The van der Waals surface area contributed by atoms with Gasteiger partial charge < -0.3 is 14.4 Å². The highest BCUT2D eigenvalue weighted by Crippen LogP contribution is 2.20. The highest BCUT2D eigenvalue weighted by atomic mass is 32.1. The van der Waals surface area contributed by atoms with Crippen LogP contribution in [0.4, 0.5) is 0 Å². The molecule has 2 aromatic rings. The Labute approximate surface area is 163 Å². The van der Waals surface area contributed by atoms with Gasteiger partial charge in [-0.1, -0.05) is 18.2 Å². The van der Waals surface area contributed by atoms with Crippen LogP contribution in [0.25, 0.3) is 0 Å². The van der Waals surface area contributed by atoms with Crippen LogP contribution in [0, 0.1) is 0 Å². The fourth-order valence-corrected chi connectivity index (χ4v) is 3.88. The van der Waals surface area contributed by atoms with Crippen molar-refractivity contribution in [2.45, 2.75) is 45.4 Å². The number of hydrogen-bond donors (Lipinski definition) is 0. The Morgan fingerprint density at radius 1 is 1.33 bits per heavy atom. The van der Waals surface area contributed by atoms with E-state index in [4.69, 9.17) is 9.47 Å². The summed E-state index contributed by atoms with van der Waals surface area (Å²) in [6.45, 7) is 5.14. The number of carbonyl (C=O) groups is 2. The van der Waals surface area contributed by atoms with E-state index in [1.807, 2.05) is 22.4 Å². The molecule has 1 aromatic heterocycles. The fourth-order valence-electron chi connectivity index (χ4n) is 3.16. The number of nitrogens with zero attached hydrogens (tertiary/aromatic N) is 1. The van der Waals surface area contributed by atoms with Crippen molar-refractivity contribution >= 4 is 23.0 Å². The third-order valence-corrected chi connectivity index (χ3v) is 5.45. The first-order valence-electron chi connectivity index (χ1n) is 9.23. The molecule has 2 unspecified atom stereocenters. The van der Waals surface area contributed by atoms with Crippen LogP contribution in [0.5, 0.6) is 5.75 Å². The van der Waals surface area contributed by atoms with Crippen LogP contribution >= 0.6 is 11.3 Å². The second-order valence-electron chi connectivity index (χ2n) is 6.78. The van der Waals surface area contributed by atoms with Gasteiger partial charge in [-0.2, -0.15) is 0 Å². The van der Waals surface area contributed by atoms with Crippen molar-refractivity contribution in [3.8, 4) is 5.75 Å². The van der Waals surface area contributed by atoms with Gasteiger partial charge in [0.1, 0.15) is 5.75 Å². The van der Waals surface area contributed by atoms with Gasteiger partial charge in [-0.3, -0.25) is 9.59 Å². The van der Waals surface area contributed by atoms with Crippen molar-refractivity contribution in [3.05, 3.63) is 52.2 Å². The van der Waals surface area contributed by atoms with Gasteiger partial charge in [-0.05, 0) is 50.3 Å². The Kier molecular flexibility index (Phi) is 6.63. The molecule has 1 aliphatic rings. The topological polar surface area (TPSA) is 55.8 Å². The van der Waals surface area contributed by atoms with Crippen molar-refractivity contribution in [1.29, 1.82) is 0 Å². The van der Waals surface area contributed by atoms with Gasteiger partial charge in [-0.15, -0.1) is 11.3 Å². The largest absolute Gasteiger partial charge is 0.481 e. The van der Waals surface area contributed by atoms with Gasteiger partial charge in [0.25, 0.3) is 5.91 Å². The third-order valence-electron chi connectivity index (χ3n) is 4.59. The quantitative estimate of drug-likeness (QED) is 0.644. The number of Topliss-reactive ketones (excluding diaryl/α,β-unsaturated/α-hetero) is 1. The first-order chi connectivity index (χ1) is 13.0. The Morgan fingerprint density at radius 3 is 2.85 bits per heavy atom. The number of rotatable bonds is 8. The minimum absolute atomic E-state index is 0.0304. The molecule has 1 amide bonds. The zero-order valence-corrected chi connectivity index (χ0v) is 16.5. The molecule has 1 aromatic carbocycles. The van der Waals surface area contributed by atoms with Crippen molar-refractivity contribution in [2.24, 2.45) is 0 Å². The van der Waals surface area contributed by atoms with Crippen LogP contribution < -0.4 is 4.74 Å². The van der Waals surface area contributed by atoms with E-state index >= 15 is 0 Å². The third kappa shape index (κ3) is 5.40. The van der Waals surface area contributed by atoms with Crippen LogP contribution in [0.2, 0.25) is 0 Å². The number of amides is 1. The smallest absolute Gasteiger partial charge is 0.263 e. The first kappa shape index (κ1) is 19.6. The number of thiophene rings is 1. The molecule has 1 fully saturated rings. The van der Waals surface area contributed by atoms with Gasteiger partial charge in [0.2, 0.25) is 0 Å². The molecule has 6 heteroatoms.